The lowest BCUT2D eigenvalue weighted by Crippen LogP contribution is -2.27. The zero-order chi connectivity index (χ0) is 20.4. The van der Waals surface area contributed by atoms with Crippen LogP contribution in [0, 0.1) is 10.1 Å². The molecular weight excluding hydrogens is 398 g/mol. The Bertz CT molecular complexity index is 1060. The summed E-state index contributed by atoms with van der Waals surface area (Å²) in [7, 11) is 0. The minimum atomic E-state index is -0.687. The maximum atomic E-state index is 12.1. The van der Waals surface area contributed by atoms with E-state index < -0.39 is 16.7 Å². The zero-order valence-corrected chi connectivity index (χ0v) is 16.5. The maximum absolute atomic E-state index is 12.1. The van der Waals surface area contributed by atoms with E-state index in [0.29, 0.717) is 17.3 Å². The molecule has 0 spiro atoms. The first-order valence-electron chi connectivity index (χ1n) is 9.11. The SMILES string of the molecule is CSc1nc(N2CCCC2)c2cnn(CCNC(=O)c3ccc([N+](=O)[O-])o3)c2n1. The van der Waals surface area contributed by atoms with Crippen LogP contribution in [0.3, 0.4) is 0 Å². The maximum Gasteiger partial charge on any atom is 0.433 e. The average Bonchev–Trinajstić information content (AvgIpc) is 3.47. The summed E-state index contributed by atoms with van der Waals surface area (Å²) in [4.78, 5) is 33.6. The van der Waals surface area contributed by atoms with Gasteiger partial charge >= 0.3 is 5.88 Å². The van der Waals surface area contributed by atoms with Crippen LogP contribution in [0.1, 0.15) is 23.4 Å². The Morgan fingerprint density at radius 2 is 2.14 bits per heavy atom. The van der Waals surface area contributed by atoms with E-state index in [-0.39, 0.29) is 12.3 Å². The minimum absolute atomic E-state index is 0.106. The van der Waals surface area contributed by atoms with Gasteiger partial charge in [0.15, 0.2) is 16.6 Å². The number of nitrogens with zero attached hydrogens (tertiary/aromatic N) is 6. The summed E-state index contributed by atoms with van der Waals surface area (Å²) in [6.45, 7) is 2.59. The lowest BCUT2D eigenvalue weighted by atomic mass is 10.3. The van der Waals surface area contributed by atoms with Gasteiger partial charge in [-0.15, -0.1) is 0 Å². The van der Waals surface area contributed by atoms with Gasteiger partial charge in [0.25, 0.3) is 5.91 Å². The first-order valence-corrected chi connectivity index (χ1v) is 10.3. The zero-order valence-electron chi connectivity index (χ0n) is 15.7. The van der Waals surface area contributed by atoms with Gasteiger partial charge in [-0.25, -0.2) is 14.6 Å². The largest absolute Gasteiger partial charge is 0.433 e. The van der Waals surface area contributed by atoms with E-state index >= 15 is 0 Å². The predicted octanol–water partition coefficient (Wildman–Crippen LogP) is 2.08. The van der Waals surface area contributed by atoms with Crippen LogP contribution >= 0.6 is 11.8 Å². The number of furan rings is 1. The van der Waals surface area contributed by atoms with Gasteiger partial charge in [0, 0.05) is 19.6 Å². The molecule has 1 fully saturated rings. The van der Waals surface area contributed by atoms with Crippen LogP contribution in [-0.4, -0.2) is 56.5 Å². The van der Waals surface area contributed by atoms with Crippen molar-refractivity contribution in [3.63, 3.8) is 0 Å². The summed E-state index contributed by atoms with van der Waals surface area (Å²) in [5, 5.41) is 19.3. The van der Waals surface area contributed by atoms with Crippen molar-refractivity contribution in [3.05, 3.63) is 34.2 Å². The molecule has 152 valence electrons. The van der Waals surface area contributed by atoms with Crippen LogP contribution in [0.25, 0.3) is 11.0 Å². The Balaban J connectivity index is 1.48. The third kappa shape index (κ3) is 3.88. The molecule has 0 atom stereocenters. The van der Waals surface area contributed by atoms with E-state index in [2.05, 4.69) is 25.3 Å². The molecule has 1 aliphatic heterocycles. The molecule has 11 nitrogen and oxygen atoms in total. The Labute approximate surface area is 169 Å². The van der Waals surface area contributed by atoms with Gasteiger partial charge in [0.1, 0.15) is 10.7 Å². The Morgan fingerprint density at radius 1 is 1.34 bits per heavy atom. The molecule has 0 bridgehead atoms. The highest BCUT2D eigenvalue weighted by Crippen LogP contribution is 2.28. The summed E-state index contributed by atoms with van der Waals surface area (Å²) < 4.78 is 6.63. The quantitative estimate of drug-likeness (QED) is 0.265. The number of anilines is 1. The summed E-state index contributed by atoms with van der Waals surface area (Å²) >= 11 is 1.47. The Kier molecular flexibility index (Phi) is 5.34. The van der Waals surface area contributed by atoms with Gasteiger partial charge in [-0.2, -0.15) is 5.10 Å². The number of fused-ring (bicyclic) bond motifs is 1. The summed E-state index contributed by atoms with van der Waals surface area (Å²) in [5.41, 5.74) is 0.717. The fraction of sp³-hybridized carbons (Fsp3) is 0.412. The molecule has 4 heterocycles. The molecule has 0 radical (unpaired) electrons. The summed E-state index contributed by atoms with van der Waals surface area (Å²) in [5.74, 6) is -0.198. The van der Waals surface area contributed by atoms with Gasteiger partial charge in [0.2, 0.25) is 0 Å². The molecule has 0 aromatic carbocycles. The lowest BCUT2D eigenvalue weighted by molar-refractivity contribution is -0.402. The van der Waals surface area contributed by atoms with Crippen molar-refractivity contribution in [3.8, 4) is 0 Å². The molecule has 4 rings (SSSR count). The highest BCUT2D eigenvalue weighted by molar-refractivity contribution is 7.98. The first kappa shape index (κ1) is 19.2. The third-order valence-corrected chi connectivity index (χ3v) is 5.20. The smallest absolute Gasteiger partial charge is 0.395 e. The van der Waals surface area contributed by atoms with Crippen LogP contribution in [-0.2, 0) is 6.54 Å². The molecular formula is C17H19N7O4S. The number of thioether (sulfide) groups is 1. The fourth-order valence-electron chi connectivity index (χ4n) is 3.26. The number of hydrogen-bond donors (Lipinski definition) is 1. The lowest BCUT2D eigenvalue weighted by Gasteiger charge is -2.17. The second-order valence-corrected chi connectivity index (χ2v) is 7.26. The van der Waals surface area contributed by atoms with Crippen molar-refractivity contribution in [2.75, 3.05) is 30.8 Å². The number of nitro groups is 1. The Hall–Kier alpha value is -3.15. The van der Waals surface area contributed by atoms with Crippen molar-refractivity contribution in [1.82, 2.24) is 25.1 Å². The van der Waals surface area contributed by atoms with E-state index in [0.717, 1.165) is 43.2 Å². The van der Waals surface area contributed by atoms with Crippen LogP contribution in [0.15, 0.2) is 27.9 Å². The molecule has 1 saturated heterocycles. The molecule has 12 heteroatoms. The van der Waals surface area contributed by atoms with Gasteiger partial charge in [-0.1, -0.05) is 11.8 Å². The Morgan fingerprint density at radius 3 is 2.83 bits per heavy atom. The minimum Gasteiger partial charge on any atom is -0.395 e. The van der Waals surface area contributed by atoms with Crippen LogP contribution in [0.2, 0.25) is 0 Å². The van der Waals surface area contributed by atoms with Crippen molar-refractivity contribution in [2.24, 2.45) is 0 Å². The molecule has 29 heavy (non-hydrogen) atoms. The molecule has 0 unspecified atom stereocenters. The van der Waals surface area contributed by atoms with E-state index in [4.69, 9.17) is 4.42 Å². The van der Waals surface area contributed by atoms with E-state index in [1.807, 2.05) is 6.26 Å². The van der Waals surface area contributed by atoms with Crippen molar-refractivity contribution in [2.45, 2.75) is 24.5 Å². The van der Waals surface area contributed by atoms with Crippen molar-refractivity contribution in [1.29, 1.82) is 0 Å². The number of hydrogen-bond acceptors (Lipinski definition) is 9. The molecule has 1 aliphatic rings. The number of amides is 1. The highest BCUT2D eigenvalue weighted by Gasteiger charge is 2.21. The second-order valence-electron chi connectivity index (χ2n) is 6.48. The van der Waals surface area contributed by atoms with E-state index in [9.17, 15) is 14.9 Å². The monoisotopic (exact) mass is 417 g/mol. The standard InChI is InChI=1S/C17H19N7O4S/c1-29-17-20-14(22-7-2-3-8-22)11-10-19-23(15(11)21-17)9-6-18-16(25)12-4-5-13(28-12)24(26)27/h4-5,10H,2-3,6-9H2,1H3,(H,18,25). The topological polar surface area (TPSA) is 132 Å². The van der Waals surface area contributed by atoms with Gasteiger partial charge < -0.3 is 14.6 Å². The first-order chi connectivity index (χ1) is 14.1. The van der Waals surface area contributed by atoms with Crippen molar-refractivity contribution < 1.29 is 14.1 Å². The highest BCUT2D eigenvalue weighted by atomic mass is 32.2. The molecule has 0 saturated carbocycles. The number of nitrogens with one attached hydrogen (secondary N) is 1. The van der Waals surface area contributed by atoms with Gasteiger partial charge in [-0.05, 0) is 25.2 Å². The normalized spacial score (nSPS) is 13.9. The van der Waals surface area contributed by atoms with Crippen LogP contribution < -0.4 is 10.2 Å². The van der Waals surface area contributed by atoms with Crippen LogP contribution in [0.5, 0.6) is 0 Å². The summed E-state index contributed by atoms with van der Waals surface area (Å²) in [6, 6.07) is 2.42. The van der Waals surface area contributed by atoms with E-state index in [1.54, 1.807) is 10.9 Å². The predicted molar refractivity (Wildman–Crippen MR) is 106 cm³/mol. The van der Waals surface area contributed by atoms with Gasteiger partial charge in [-0.3, -0.25) is 14.9 Å². The third-order valence-electron chi connectivity index (χ3n) is 4.65. The van der Waals surface area contributed by atoms with E-state index in [1.165, 1.54) is 17.8 Å². The number of carbonyl (C=O) groups excluding carboxylic acids is 1. The van der Waals surface area contributed by atoms with Gasteiger partial charge in [0.05, 0.1) is 24.2 Å². The van der Waals surface area contributed by atoms with Crippen LogP contribution in [0.4, 0.5) is 11.7 Å². The average molecular weight is 417 g/mol. The molecule has 1 amide bonds. The number of carbonyl (C=O) groups is 1. The molecule has 0 aliphatic carbocycles. The number of aromatic nitrogens is 4. The molecule has 3 aromatic heterocycles. The fourth-order valence-corrected chi connectivity index (χ4v) is 3.61. The molecule has 3 aromatic rings. The number of rotatable bonds is 7. The second kappa shape index (κ2) is 8.07. The molecule has 1 N–H and O–H groups in total. The summed E-state index contributed by atoms with van der Waals surface area (Å²) in [6.07, 6.45) is 5.97. The van der Waals surface area contributed by atoms with Crippen molar-refractivity contribution >= 4 is 40.4 Å².